The van der Waals surface area contributed by atoms with Crippen LogP contribution >= 0.6 is 34.8 Å². The first-order valence-corrected chi connectivity index (χ1v) is 4.86. The summed E-state index contributed by atoms with van der Waals surface area (Å²) in [7, 11) is 0. The fourth-order valence-corrected chi connectivity index (χ4v) is 1.82. The zero-order valence-electron chi connectivity index (χ0n) is 6.80. The number of aromatic nitrogens is 1. The van der Waals surface area contributed by atoms with Crippen LogP contribution < -0.4 is 0 Å². The molecule has 0 aliphatic carbocycles. The van der Waals surface area contributed by atoms with Gasteiger partial charge in [0.2, 0.25) is 0 Å². The van der Waals surface area contributed by atoms with Gasteiger partial charge in [-0.1, -0.05) is 40.0 Å². The predicted octanol–water partition coefficient (Wildman–Crippen LogP) is 4.30. The Balaban J connectivity index is 2.57. The summed E-state index contributed by atoms with van der Waals surface area (Å²) in [5.74, 6) is 0. The van der Waals surface area contributed by atoms with E-state index >= 15 is 0 Å². The van der Waals surface area contributed by atoms with Crippen molar-refractivity contribution in [1.82, 2.24) is 5.16 Å². The van der Waals surface area contributed by atoms with Crippen molar-refractivity contribution < 1.29 is 4.52 Å². The number of hydrogen-bond donors (Lipinski definition) is 0. The summed E-state index contributed by atoms with van der Waals surface area (Å²) in [5, 5.41) is 5.25. The molecule has 0 aliphatic rings. The molecule has 0 saturated heterocycles. The van der Waals surface area contributed by atoms with Gasteiger partial charge in [-0.25, -0.2) is 0 Å². The van der Waals surface area contributed by atoms with Gasteiger partial charge in [0.1, 0.15) is 17.0 Å². The van der Waals surface area contributed by atoms with Crippen LogP contribution in [0.1, 0.15) is 0 Å². The Bertz CT molecular complexity index is 447. The van der Waals surface area contributed by atoms with Crippen molar-refractivity contribution in [3.8, 4) is 11.3 Å². The van der Waals surface area contributed by atoms with Gasteiger partial charge in [0, 0.05) is 15.6 Å². The van der Waals surface area contributed by atoms with Crippen LogP contribution in [-0.4, -0.2) is 5.16 Å². The lowest BCUT2D eigenvalue weighted by Gasteiger charge is -1.98. The molecule has 1 aromatic heterocycles. The molecule has 0 amide bonds. The second kappa shape index (κ2) is 3.81. The van der Waals surface area contributed by atoms with E-state index in [2.05, 4.69) is 5.16 Å². The lowest BCUT2D eigenvalue weighted by molar-refractivity contribution is 0.422. The standard InChI is InChI=1S/C9H4Cl3NO/c10-6-1-5(2-7(11)3-6)9-8(12)4-14-13-9/h1-4H. The van der Waals surface area contributed by atoms with E-state index in [1.807, 2.05) is 0 Å². The van der Waals surface area contributed by atoms with Crippen molar-refractivity contribution >= 4 is 34.8 Å². The SMILES string of the molecule is Clc1cc(Cl)cc(-c2nocc2Cl)c1. The first-order valence-electron chi connectivity index (χ1n) is 3.73. The van der Waals surface area contributed by atoms with Crippen molar-refractivity contribution in [3.05, 3.63) is 39.5 Å². The van der Waals surface area contributed by atoms with Crippen LogP contribution in [0.15, 0.2) is 29.0 Å². The second-order valence-electron chi connectivity index (χ2n) is 2.67. The number of benzene rings is 1. The van der Waals surface area contributed by atoms with Crippen LogP contribution in [0.25, 0.3) is 11.3 Å². The van der Waals surface area contributed by atoms with Gasteiger partial charge in [-0.15, -0.1) is 0 Å². The van der Waals surface area contributed by atoms with Crippen LogP contribution in [-0.2, 0) is 0 Å². The van der Waals surface area contributed by atoms with E-state index < -0.39 is 0 Å². The number of halogens is 3. The van der Waals surface area contributed by atoms with Crippen molar-refractivity contribution in [3.63, 3.8) is 0 Å². The fraction of sp³-hybridized carbons (Fsp3) is 0. The normalized spacial score (nSPS) is 10.5. The Hall–Kier alpha value is -0.700. The quantitative estimate of drug-likeness (QED) is 0.752. The Morgan fingerprint density at radius 2 is 1.64 bits per heavy atom. The third kappa shape index (κ3) is 1.87. The highest BCUT2D eigenvalue weighted by molar-refractivity contribution is 6.35. The van der Waals surface area contributed by atoms with Gasteiger partial charge in [-0.2, -0.15) is 0 Å². The average molecular weight is 248 g/mol. The monoisotopic (exact) mass is 247 g/mol. The highest BCUT2D eigenvalue weighted by atomic mass is 35.5. The summed E-state index contributed by atoms with van der Waals surface area (Å²) in [6, 6.07) is 5.08. The average Bonchev–Trinajstić information content (AvgIpc) is 2.49. The minimum Gasteiger partial charge on any atom is -0.363 e. The molecule has 2 rings (SSSR count). The minimum atomic E-state index is 0.434. The molecule has 0 aliphatic heterocycles. The number of hydrogen-bond acceptors (Lipinski definition) is 2. The Labute approximate surface area is 95.4 Å². The summed E-state index contributed by atoms with van der Waals surface area (Å²) in [4.78, 5) is 0. The van der Waals surface area contributed by atoms with E-state index in [1.54, 1.807) is 18.2 Å². The molecule has 0 unspecified atom stereocenters. The molecule has 5 heteroatoms. The van der Waals surface area contributed by atoms with E-state index in [9.17, 15) is 0 Å². The van der Waals surface area contributed by atoms with Crippen molar-refractivity contribution in [2.24, 2.45) is 0 Å². The van der Waals surface area contributed by atoms with E-state index in [0.29, 0.717) is 20.8 Å². The van der Waals surface area contributed by atoms with Gasteiger partial charge in [0.25, 0.3) is 0 Å². The molecule has 0 atom stereocenters. The zero-order chi connectivity index (χ0) is 10.1. The molecular formula is C9H4Cl3NO. The fourth-order valence-electron chi connectivity index (χ4n) is 1.11. The van der Waals surface area contributed by atoms with Gasteiger partial charge >= 0.3 is 0 Å². The smallest absolute Gasteiger partial charge is 0.143 e. The molecule has 72 valence electrons. The Morgan fingerprint density at radius 3 is 2.14 bits per heavy atom. The van der Waals surface area contributed by atoms with Crippen molar-refractivity contribution in [2.75, 3.05) is 0 Å². The van der Waals surface area contributed by atoms with Gasteiger partial charge < -0.3 is 4.52 Å². The summed E-state index contributed by atoms with van der Waals surface area (Å²) in [6.45, 7) is 0. The lowest BCUT2D eigenvalue weighted by Crippen LogP contribution is -1.78. The van der Waals surface area contributed by atoms with Crippen LogP contribution in [0.3, 0.4) is 0 Å². The molecule has 0 bridgehead atoms. The minimum absolute atomic E-state index is 0.434. The summed E-state index contributed by atoms with van der Waals surface area (Å²) >= 11 is 17.5. The maximum absolute atomic E-state index is 5.84. The molecule has 1 aromatic carbocycles. The van der Waals surface area contributed by atoms with Crippen molar-refractivity contribution in [1.29, 1.82) is 0 Å². The van der Waals surface area contributed by atoms with E-state index in [4.69, 9.17) is 39.3 Å². The van der Waals surface area contributed by atoms with Gasteiger partial charge in [0.05, 0.1) is 0 Å². The van der Waals surface area contributed by atoms with E-state index in [-0.39, 0.29) is 0 Å². The molecule has 0 fully saturated rings. The highest BCUT2D eigenvalue weighted by Gasteiger charge is 2.09. The van der Waals surface area contributed by atoms with Gasteiger partial charge in [0.15, 0.2) is 0 Å². The van der Waals surface area contributed by atoms with Crippen LogP contribution in [0.2, 0.25) is 15.1 Å². The predicted molar refractivity (Wildman–Crippen MR) is 57.0 cm³/mol. The second-order valence-corrected chi connectivity index (χ2v) is 3.95. The maximum Gasteiger partial charge on any atom is 0.143 e. The highest BCUT2D eigenvalue weighted by Crippen LogP contribution is 2.30. The molecule has 0 radical (unpaired) electrons. The van der Waals surface area contributed by atoms with Crippen LogP contribution in [0.4, 0.5) is 0 Å². The van der Waals surface area contributed by atoms with Crippen molar-refractivity contribution in [2.45, 2.75) is 0 Å². The van der Waals surface area contributed by atoms with Gasteiger partial charge in [-0.05, 0) is 18.2 Å². The molecule has 2 nitrogen and oxygen atoms in total. The molecule has 2 aromatic rings. The topological polar surface area (TPSA) is 26.0 Å². The summed E-state index contributed by atoms with van der Waals surface area (Å²) in [6.07, 6.45) is 1.35. The maximum atomic E-state index is 5.84. The van der Waals surface area contributed by atoms with Crippen LogP contribution in [0, 0.1) is 0 Å². The first-order chi connectivity index (χ1) is 6.66. The summed E-state index contributed by atoms with van der Waals surface area (Å²) < 4.78 is 4.71. The third-order valence-electron chi connectivity index (χ3n) is 1.66. The number of nitrogens with zero attached hydrogens (tertiary/aromatic N) is 1. The molecule has 0 saturated carbocycles. The zero-order valence-corrected chi connectivity index (χ0v) is 9.07. The molecule has 1 heterocycles. The molecular weight excluding hydrogens is 244 g/mol. The largest absolute Gasteiger partial charge is 0.363 e. The molecule has 0 spiro atoms. The Kier molecular flexibility index (Phi) is 2.68. The first kappa shape index (κ1) is 9.84. The Morgan fingerprint density at radius 1 is 1.00 bits per heavy atom. The number of rotatable bonds is 1. The van der Waals surface area contributed by atoms with E-state index in [1.165, 1.54) is 6.26 Å². The summed E-state index contributed by atoms with van der Waals surface area (Å²) in [5.41, 5.74) is 1.28. The van der Waals surface area contributed by atoms with E-state index in [0.717, 1.165) is 5.56 Å². The van der Waals surface area contributed by atoms with Crippen LogP contribution in [0.5, 0.6) is 0 Å². The molecule has 0 N–H and O–H groups in total. The third-order valence-corrected chi connectivity index (χ3v) is 2.37. The van der Waals surface area contributed by atoms with Gasteiger partial charge in [-0.3, -0.25) is 0 Å². The molecule has 14 heavy (non-hydrogen) atoms. The lowest BCUT2D eigenvalue weighted by atomic mass is 10.1.